The Balaban J connectivity index is 5.25. The molecule has 0 radical (unpaired) electrons. The van der Waals surface area contributed by atoms with Crippen LogP contribution < -0.4 is 0 Å². The maximum Gasteiger partial charge on any atom is 0.472 e. The summed E-state index contributed by atoms with van der Waals surface area (Å²) in [6.07, 6.45) is 37.6. The first-order chi connectivity index (χ1) is 40.2. The van der Waals surface area contributed by atoms with Gasteiger partial charge in [-0.05, 0) is 43.4 Å². The van der Waals surface area contributed by atoms with E-state index in [2.05, 4.69) is 48.5 Å². The highest BCUT2D eigenvalue weighted by Gasteiger charge is 2.30. The van der Waals surface area contributed by atoms with E-state index in [0.29, 0.717) is 25.7 Å². The third-order valence-corrected chi connectivity index (χ3v) is 16.8. The van der Waals surface area contributed by atoms with Gasteiger partial charge in [0.1, 0.15) is 19.3 Å². The number of hydrogen-bond acceptors (Lipinski definition) is 15. The van der Waals surface area contributed by atoms with Crippen molar-refractivity contribution in [2.45, 2.75) is 336 Å². The Labute approximate surface area is 511 Å². The SMILES string of the molecule is CCCCCCCCCCCC(=O)OC[C@H](COP(=O)(O)OC[C@H](O)COP(=O)(O)OC[C@@H](COC(=O)CCCCCCCCCCC(C)C)OC(=O)CCCCCCCCCCCCC(C)C)OC(=O)CCCCCCCCCCC(C)C. The van der Waals surface area contributed by atoms with Crippen molar-refractivity contribution >= 4 is 39.5 Å². The number of esters is 4. The fraction of sp³-hybridized carbons (Fsp3) is 0.938. The molecule has 0 fully saturated rings. The molecule has 2 unspecified atom stereocenters. The van der Waals surface area contributed by atoms with E-state index in [1.807, 2.05) is 0 Å². The highest BCUT2D eigenvalue weighted by Crippen LogP contribution is 2.45. The largest absolute Gasteiger partial charge is 0.472 e. The standard InChI is InChI=1S/C65H126O17P2/c1-8-9-10-11-12-15-25-32-39-46-62(67)75-52-61(82-65(70)49-42-35-28-21-19-24-31-38-45-58(6)7)55-80-84(73,74)78-51-59(66)50-77-83(71,72)79-54-60(53-76-63(68)47-40-33-26-20-18-23-30-37-44-57(4)5)81-64(69)48-41-34-27-17-14-13-16-22-29-36-43-56(2)3/h56-61,66H,8-55H2,1-7H3,(H,71,72)(H,73,74)/t59-,60-,61-/m1/s1. The number of rotatable bonds is 63. The van der Waals surface area contributed by atoms with Crippen molar-refractivity contribution in [2.24, 2.45) is 17.8 Å². The van der Waals surface area contributed by atoms with E-state index in [4.69, 9.17) is 37.0 Å². The Morgan fingerprint density at radius 3 is 0.810 bits per heavy atom. The molecule has 3 N–H and O–H groups in total. The van der Waals surface area contributed by atoms with E-state index in [9.17, 15) is 43.2 Å². The van der Waals surface area contributed by atoms with Gasteiger partial charge in [-0.1, -0.05) is 267 Å². The van der Waals surface area contributed by atoms with Gasteiger partial charge in [0.05, 0.1) is 26.4 Å². The molecule has 0 aromatic heterocycles. The second-order valence-electron chi connectivity index (χ2n) is 24.9. The van der Waals surface area contributed by atoms with Crippen molar-refractivity contribution in [3.63, 3.8) is 0 Å². The summed E-state index contributed by atoms with van der Waals surface area (Å²) in [5.74, 6) is 0.0602. The summed E-state index contributed by atoms with van der Waals surface area (Å²) >= 11 is 0. The summed E-state index contributed by atoms with van der Waals surface area (Å²) in [7, 11) is -9.89. The lowest BCUT2D eigenvalue weighted by atomic mass is 10.0. The lowest BCUT2D eigenvalue weighted by Crippen LogP contribution is -2.30. The smallest absolute Gasteiger partial charge is 0.462 e. The van der Waals surface area contributed by atoms with Crippen LogP contribution in [0.25, 0.3) is 0 Å². The molecule has 0 rings (SSSR count). The average molecular weight is 1240 g/mol. The Bertz CT molecular complexity index is 1660. The summed E-state index contributed by atoms with van der Waals surface area (Å²) in [6, 6.07) is 0. The van der Waals surface area contributed by atoms with Crippen molar-refractivity contribution in [2.75, 3.05) is 39.6 Å². The molecule has 0 amide bonds. The van der Waals surface area contributed by atoms with Gasteiger partial charge < -0.3 is 33.8 Å². The molecule has 0 bridgehead atoms. The van der Waals surface area contributed by atoms with Gasteiger partial charge in [-0.2, -0.15) is 0 Å². The number of ether oxygens (including phenoxy) is 4. The van der Waals surface area contributed by atoms with Crippen LogP contribution in [0, 0.1) is 17.8 Å². The highest BCUT2D eigenvalue weighted by molar-refractivity contribution is 7.47. The normalized spacial score (nSPS) is 14.3. The van der Waals surface area contributed by atoms with E-state index in [1.165, 1.54) is 128 Å². The Kier molecular flexibility index (Phi) is 55.0. The minimum Gasteiger partial charge on any atom is -0.462 e. The molecular weight excluding hydrogens is 1110 g/mol. The predicted octanol–water partition coefficient (Wildman–Crippen LogP) is 17.9. The molecule has 19 heteroatoms. The molecule has 0 saturated carbocycles. The number of aliphatic hydroxyl groups excluding tert-OH is 1. The highest BCUT2D eigenvalue weighted by atomic mass is 31.2. The second-order valence-corrected chi connectivity index (χ2v) is 27.8. The summed E-state index contributed by atoms with van der Waals surface area (Å²) in [6.45, 7) is 11.7. The van der Waals surface area contributed by atoms with Crippen molar-refractivity contribution in [3.05, 3.63) is 0 Å². The van der Waals surface area contributed by atoms with Gasteiger partial charge in [-0.25, -0.2) is 9.13 Å². The lowest BCUT2D eigenvalue weighted by molar-refractivity contribution is -0.161. The molecule has 0 heterocycles. The van der Waals surface area contributed by atoms with Crippen LogP contribution in [0.1, 0.15) is 318 Å². The fourth-order valence-corrected chi connectivity index (χ4v) is 11.2. The number of hydrogen-bond donors (Lipinski definition) is 3. The summed E-state index contributed by atoms with van der Waals surface area (Å²) < 4.78 is 68.0. The molecule has 0 aliphatic rings. The van der Waals surface area contributed by atoms with Crippen LogP contribution in [-0.2, 0) is 65.4 Å². The fourth-order valence-electron chi connectivity index (χ4n) is 9.66. The number of phosphoric acid groups is 2. The van der Waals surface area contributed by atoms with Gasteiger partial charge in [-0.3, -0.25) is 37.3 Å². The van der Waals surface area contributed by atoms with Gasteiger partial charge in [0.25, 0.3) is 0 Å². The van der Waals surface area contributed by atoms with Crippen LogP contribution in [0.3, 0.4) is 0 Å². The minimum atomic E-state index is -4.95. The Morgan fingerprint density at radius 1 is 0.321 bits per heavy atom. The van der Waals surface area contributed by atoms with Gasteiger partial charge >= 0.3 is 39.5 Å². The molecule has 0 aliphatic heterocycles. The predicted molar refractivity (Wildman–Crippen MR) is 335 cm³/mol. The molecule has 0 saturated heterocycles. The number of carbonyl (C=O) groups excluding carboxylic acids is 4. The zero-order chi connectivity index (χ0) is 62.4. The van der Waals surface area contributed by atoms with Gasteiger partial charge in [-0.15, -0.1) is 0 Å². The Hall–Kier alpha value is -1.94. The number of aliphatic hydroxyl groups is 1. The summed E-state index contributed by atoms with van der Waals surface area (Å²) in [5, 5.41) is 10.5. The molecule has 498 valence electrons. The zero-order valence-electron chi connectivity index (χ0n) is 54.4. The summed E-state index contributed by atoms with van der Waals surface area (Å²) in [4.78, 5) is 72.2. The van der Waals surface area contributed by atoms with E-state index in [0.717, 1.165) is 108 Å². The van der Waals surface area contributed by atoms with Crippen LogP contribution in [0.15, 0.2) is 0 Å². The molecule has 84 heavy (non-hydrogen) atoms. The van der Waals surface area contributed by atoms with E-state index in [-0.39, 0.29) is 25.7 Å². The first-order valence-electron chi connectivity index (χ1n) is 33.8. The monoisotopic (exact) mass is 1240 g/mol. The molecule has 0 spiro atoms. The molecule has 17 nitrogen and oxygen atoms in total. The van der Waals surface area contributed by atoms with Crippen LogP contribution in [0.2, 0.25) is 0 Å². The van der Waals surface area contributed by atoms with Gasteiger partial charge in [0.2, 0.25) is 0 Å². The van der Waals surface area contributed by atoms with Crippen LogP contribution >= 0.6 is 15.6 Å². The third kappa shape index (κ3) is 59.0. The topological polar surface area (TPSA) is 237 Å². The lowest BCUT2D eigenvalue weighted by Gasteiger charge is -2.21. The molecule has 0 aromatic carbocycles. The third-order valence-electron chi connectivity index (χ3n) is 14.9. The van der Waals surface area contributed by atoms with Crippen LogP contribution in [0.4, 0.5) is 0 Å². The number of carbonyl (C=O) groups is 4. The minimum absolute atomic E-state index is 0.104. The van der Waals surface area contributed by atoms with Gasteiger partial charge in [0.15, 0.2) is 12.2 Å². The first kappa shape index (κ1) is 82.1. The first-order valence-corrected chi connectivity index (χ1v) is 36.8. The second kappa shape index (κ2) is 56.3. The van der Waals surface area contributed by atoms with E-state index >= 15 is 0 Å². The number of phosphoric ester groups is 2. The van der Waals surface area contributed by atoms with E-state index < -0.39 is 97.5 Å². The van der Waals surface area contributed by atoms with Crippen molar-refractivity contribution in [1.29, 1.82) is 0 Å². The Morgan fingerprint density at radius 2 is 0.548 bits per heavy atom. The van der Waals surface area contributed by atoms with Crippen LogP contribution in [0.5, 0.6) is 0 Å². The summed E-state index contributed by atoms with van der Waals surface area (Å²) in [5.41, 5.74) is 0. The number of unbranched alkanes of at least 4 members (excludes halogenated alkanes) is 31. The maximum atomic E-state index is 13.0. The quantitative estimate of drug-likeness (QED) is 0.0222. The maximum absolute atomic E-state index is 13.0. The van der Waals surface area contributed by atoms with Gasteiger partial charge in [0, 0.05) is 25.7 Å². The average Bonchev–Trinajstić information content (AvgIpc) is 3.53. The van der Waals surface area contributed by atoms with Crippen molar-refractivity contribution < 1.29 is 80.2 Å². The molecule has 0 aromatic rings. The molecule has 0 aliphatic carbocycles. The zero-order valence-corrected chi connectivity index (χ0v) is 56.1. The van der Waals surface area contributed by atoms with Crippen molar-refractivity contribution in [3.8, 4) is 0 Å². The van der Waals surface area contributed by atoms with E-state index in [1.54, 1.807) is 0 Å². The molecular formula is C65H126O17P2. The van der Waals surface area contributed by atoms with Crippen molar-refractivity contribution in [1.82, 2.24) is 0 Å². The molecule has 5 atom stereocenters. The van der Waals surface area contributed by atoms with Crippen LogP contribution in [-0.4, -0.2) is 96.7 Å².